The minimum atomic E-state index is -2.37. The summed E-state index contributed by atoms with van der Waals surface area (Å²) in [7, 11) is 0. The molecule has 2 aromatic rings. The fourth-order valence-corrected chi connectivity index (χ4v) is 3.58. The zero-order valence-corrected chi connectivity index (χ0v) is 17.4. The largest absolute Gasteiger partial charge is 0.394 e. The smallest absolute Gasteiger partial charge is 0.126 e. The number of aryl methyl sites for hydroxylation is 2. The van der Waals surface area contributed by atoms with Crippen molar-refractivity contribution in [1.29, 1.82) is 0 Å². The van der Waals surface area contributed by atoms with Crippen LogP contribution in [0.15, 0.2) is 61.2 Å². The molecule has 0 saturated heterocycles. The molecule has 6 heteroatoms. The van der Waals surface area contributed by atoms with Crippen LogP contribution in [0.2, 0.25) is 0 Å². The zero-order valence-electron chi connectivity index (χ0n) is 17.4. The number of aliphatic hydroxyl groups excluding tert-OH is 4. The minimum absolute atomic E-state index is 0.0733. The first-order chi connectivity index (χ1) is 14.1. The van der Waals surface area contributed by atoms with Crippen LogP contribution in [0, 0.1) is 13.8 Å². The summed E-state index contributed by atoms with van der Waals surface area (Å²) in [6.45, 7) is 6.60. The summed E-state index contributed by atoms with van der Waals surface area (Å²) in [5, 5.41) is 63.6. The van der Waals surface area contributed by atoms with Gasteiger partial charge in [-0.15, -0.1) is 6.58 Å². The first kappa shape index (κ1) is 24.2. The lowest BCUT2D eigenvalue weighted by Gasteiger charge is -2.45. The topological polar surface area (TPSA) is 121 Å². The third-order valence-corrected chi connectivity index (χ3v) is 5.58. The lowest BCUT2D eigenvalue weighted by molar-refractivity contribution is -0.218. The Kier molecular flexibility index (Phi) is 7.93. The first-order valence-electron chi connectivity index (χ1n) is 9.90. The maximum absolute atomic E-state index is 11.4. The van der Waals surface area contributed by atoms with E-state index in [0.717, 1.165) is 17.2 Å². The third kappa shape index (κ3) is 5.35. The van der Waals surface area contributed by atoms with E-state index in [1.165, 1.54) is 0 Å². The maximum atomic E-state index is 11.4. The molecule has 6 N–H and O–H groups in total. The standard InChI is InChI=1S/C24H32O6/c1-4-23(29,13-18-9-5-16(2)6-10-18)22(28)24(30,21(27)20(26)15-25)14-19-11-7-17(3)8-12-19/h4-12,20-22,25-30H,1,13-15H2,2-3H3/t20-,21+,22+,23?,24+/m0/s1. The van der Waals surface area contributed by atoms with Gasteiger partial charge in [0.15, 0.2) is 0 Å². The molecule has 5 atom stereocenters. The Bertz CT molecular complexity index is 819. The molecular weight excluding hydrogens is 384 g/mol. The van der Waals surface area contributed by atoms with Crippen LogP contribution in [-0.2, 0) is 12.8 Å². The van der Waals surface area contributed by atoms with Gasteiger partial charge < -0.3 is 30.6 Å². The van der Waals surface area contributed by atoms with E-state index in [9.17, 15) is 30.6 Å². The van der Waals surface area contributed by atoms with E-state index in [4.69, 9.17) is 0 Å². The lowest BCUT2D eigenvalue weighted by Crippen LogP contribution is -2.66. The SMILES string of the molecule is C=CC(O)(Cc1ccc(C)cc1)[C@@H](O)[C@@](O)(Cc1ccc(C)cc1)[C@H](O)[C@@H](O)CO. The molecule has 0 spiro atoms. The molecule has 0 bridgehead atoms. The van der Waals surface area contributed by atoms with Gasteiger partial charge in [0.05, 0.1) is 6.61 Å². The van der Waals surface area contributed by atoms with Crippen molar-refractivity contribution < 1.29 is 30.6 Å². The molecule has 0 amide bonds. The fourth-order valence-electron chi connectivity index (χ4n) is 3.58. The second kappa shape index (κ2) is 9.83. The van der Waals surface area contributed by atoms with Crippen molar-refractivity contribution in [1.82, 2.24) is 0 Å². The van der Waals surface area contributed by atoms with E-state index >= 15 is 0 Å². The van der Waals surface area contributed by atoms with Gasteiger partial charge in [0.25, 0.3) is 0 Å². The summed E-state index contributed by atoms with van der Waals surface area (Å²) in [6.07, 6.45) is -4.78. The van der Waals surface area contributed by atoms with Gasteiger partial charge in [0.1, 0.15) is 29.5 Å². The van der Waals surface area contributed by atoms with Crippen molar-refractivity contribution in [3.05, 3.63) is 83.4 Å². The van der Waals surface area contributed by atoms with Crippen molar-refractivity contribution in [2.75, 3.05) is 6.61 Å². The molecule has 1 unspecified atom stereocenters. The minimum Gasteiger partial charge on any atom is -0.394 e. The van der Waals surface area contributed by atoms with Gasteiger partial charge in [-0.25, -0.2) is 0 Å². The van der Waals surface area contributed by atoms with Crippen molar-refractivity contribution in [3.8, 4) is 0 Å². The predicted molar refractivity (Wildman–Crippen MR) is 115 cm³/mol. The van der Waals surface area contributed by atoms with Crippen LogP contribution in [0.4, 0.5) is 0 Å². The molecule has 0 radical (unpaired) electrons. The van der Waals surface area contributed by atoms with Crippen molar-refractivity contribution in [2.45, 2.75) is 56.2 Å². The van der Waals surface area contributed by atoms with Crippen LogP contribution in [0.3, 0.4) is 0 Å². The van der Waals surface area contributed by atoms with Crippen LogP contribution in [-0.4, -0.2) is 66.8 Å². The zero-order chi connectivity index (χ0) is 22.5. The molecule has 164 valence electrons. The Morgan fingerprint density at radius 3 is 1.67 bits per heavy atom. The van der Waals surface area contributed by atoms with Crippen LogP contribution in [0.1, 0.15) is 22.3 Å². The van der Waals surface area contributed by atoms with Gasteiger partial charge >= 0.3 is 0 Å². The summed E-state index contributed by atoms with van der Waals surface area (Å²) < 4.78 is 0. The maximum Gasteiger partial charge on any atom is 0.126 e. The average molecular weight is 417 g/mol. The number of rotatable bonds is 10. The van der Waals surface area contributed by atoms with Crippen molar-refractivity contribution in [2.24, 2.45) is 0 Å². The average Bonchev–Trinajstić information content (AvgIpc) is 2.75. The van der Waals surface area contributed by atoms with E-state index < -0.39 is 36.1 Å². The van der Waals surface area contributed by atoms with Crippen molar-refractivity contribution in [3.63, 3.8) is 0 Å². The summed E-state index contributed by atoms with van der Waals surface area (Å²) >= 11 is 0. The van der Waals surface area contributed by atoms with Crippen molar-refractivity contribution >= 4 is 0 Å². The lowest BCUT2D eigenvalue weighted by atomic mass is 9.73. The summed E-state index contributed by atoms with van der Waals surface area (Å²) in [6, 6.07) is 14.3. The Balaban J connectivity index is 2.43. The molecule has 0 fully saturated rings. The fraction of sp³-hybridized carbons (Fsp3) is 0.417. The normalized spacial score (nSPS) is 18.7. The van der Waals surface area contributed by atoms with Crippen LogP contribution in [0.25, 0.3) is 0 Å². The van der Waals surface area contributed by atoms with Gasteiger partial charge in [-0.05, 0) is 25.0 Å². The second-order valence-electron chi connectivity index (χ2n) is 8.11. The Labute approximate surface area is 177 Å². The number of hydrogen-bond acceptors (Lipinski definition) is 6. The van der Waals surface area contributed by atoms with E-state index in [1.807, 2.05) is 38.1 Å². The molecule has 0 aliphatic carbocycles. The summed E-state index contributed by atoms with van der Waals surface area (Å²) in [5.74, 6) is 0. The molecule has 2 rings (SSSR count). The monoisotopic (exact) mass is 416 g/mol. The quantitative estimate of drug-likeness (QED) is 0.319. The molecule has 6 nitrogen and oxygen atoms in total. The van der Waals surface area contributed by atoms with E-state index in [-0.39, 0.29) is 12.8 Å². The molecular formula is C24H32O6. The number of hydrogen-bond donors (Lipinski definition) is 6. The molecule has 2 aromatic carbocycles. The molecule has 30 heavy (non-hydrogen) atoms. The van der Waals surface area contributed by atoms with Gasteiger partial charge in [0, 0.05) is 12.8 Å². The molecule has 0 heterocycles. The van der Waals surface area contributed by atoms with Crippen LogP contribution >= 0.6 is 0 Å². The second-order valence-corrected chi connectivity index (χ2v) is 8.11. The third-order valence-electron chi connectivity index (χ3n) is 5.58. The van der Waals surface area contributed by atoms with Gasteiger partial charge in [-0.3, -0.25) is 0 Å². The number of aliphatic hydroxyl groups is 6. The van der Waals surface area contributed by atoms with Crippen LogP contribution in [0.5, 0.6) is 0 Å². The molecule has 0 saturated carbocycles. The van der Waals surface area contributed by atoms with Gasteiger partial charge in [-0.2, -0.15) is 0 Å². The Hall–Kier alpha value is -2.06. The van der Waals surface area contributed by atoms with Gasteiger partial charge in [-0.1, -0.05) is 65.7 Å². The highest BCUT2D eigenvalue weighted by molar-refractivity contribution is 5.28. The number of benzene rings is 2. The summed E-state index contributed by atoms with van der Waals surface area (Å²) in [5.41, 5.74) is -1.10. The van der Waals surface area contributed by atoms with E-state index in [0.29, 0.717) is 11.1 Å². The van der Waals surface area contributed by atoms with E-state index in [1.54, 1.807) is 24.3 Å². The highest BCUT2D eigenvalue weighted by Crippen LogP contribution is 2.33. The van der Waals surface area contributed by atoms with Crippen LogP contribution < -0.4 is 0 Å². The summed E-state index contributed by atoms with van der Waals surface area (Å²) in [4.78, 5) is 0. The first-order valence-corrected chi connectivity index (χ1v) is 9.90. The highest BCUT2D eigenvalue weighted by Gasteiger charge is 2.53. The van der Waals surface area contributed by atoms with Gasteiger partial charge in [0.2, 0.25) is 0 Å². The molecule has 0 aromatic heterocycles. The Morgan fingerprint density at radius 2 is 1.27 bits per heavy atom. The highest BCUT2D eigenvalue weighted by atomic mass is 16.4. The molecule has 0 aliphatic heterocycles. The predicted octanol–water partition coefficient (Wildman–Crippen LogP) is 0.812. The Morgan fingerprint density at radius 1 is 0.833 bits per heavy atom. The van der Waals surface area contributed by atoms with E-state index in [2.05, 4.69) is 6.58 Å². The molecule has 0 aliphatic rings.